The smallest absolute Gasteiger partial charge is 0.107 e. The maximum absolute atomic E-state index is 5.76. The SMILES string of the molecule is Cc1cc(NCc2cccnn2)c(C(N)=S)c(C)n1. The van der Waals surface area contributed by atoms with Crippen molar-refractivity contribution in [3.05, 3.63) is 47.0 Å². The Morgan fingerprint density at radius 2 is 2.21 bits per heavy atom. The van der Waals surface area contributed by atoms with Crippen LogP contribution in [-0.2, 0) is 6.54 Å². The maximum Gasteiger partial charge on any atom is 0.107 e. The molecule has 0 aromatic carbocycles. The molecule has 2 rings (SSSR count). The number of rotatable bonds is 4. The third kappa shape index (κ3) is 3.23. The summed E-state index contributed by atoms with van der Waals surface area (Å²) in [6, 6.07) is 5.68. The molecule has 2 aromatic heterocycles. The number of hydrogen-bond donors (Lipinski definition) is 2. The van der Waals surface area contributed by atoms with Gasteiger partial charge in [-0.15, -0.1) is 0 Å². The third-order valence-corrected chi connectivity index (χ3v) is 2.87. The zero-order valence-electron chi connectivity index (χ0n) is 10.8. The van der Waals surface area contributed by atoms with Gasteiger partial charge in [0.05, 0.1) is 17.8 Å². The molecule has 0 saturated carbocycles. The van der Waals surface area contributed by atoms with Gasteiger partial charge in [-0.1, -0.05) is 12.2 Å². The van der Waals surface area contributed by atoms with Crippen molar-refractivity contribution >= 4 is 22.9 Å². The minimum absolute atomic E-state index is 0.339. The highest BCUT2D eigenvalue weighted by atomic mass is 32.1. The normalized spacial score (nSPS) is 10.2. The van der Waals surface area contributed by atoms with Crippen molar-refractivity contribution in [3.8, 4) is 0 Å². The number of nitrogens with zero attached hydrogens (tertiary/aromatic N) is 3. The van der Waals surface area contributed by atoms with Crippen LogP contribution < -0.4 is 11.1 Å². The Labute approximate surface area is 117 Å². The van der Waals surface area contributed by atoms with E-state index in [-0.39, 0.29) is 0 Å². The van der Waals surface area contributed by atoms with Crippen LogP contribution in [0.1, 0.15) is 22.6 Å². The van der Waals surface area contributed by atoms with Crippen LogP contribution in [0.3, 0.4) is 0 Å². The van der Waals surface area contributed by atoms with Crippen LogP contribution in [-0.4, -0.2) is 20.2 Å². The molecule has 0 unspecified atom stereocenters. The first-order valence-electron chi connectivity index (χ1n) is 5.86. The van der Waals surface area contributed by atoms with E-state index >= 15 is 0 Å². The van der Waals surface area contributed by atoms with Gasteiger partial charge in [0, 0.05) is 23.3 Å². The molecule has 0 atom stereocenters. The lowest BCUT2D eigenvalue weighted by Gasteiger charge is -2.13. The lowest BCUT2D eigenvalue weighted by Crippen LogP contribution is -2.16. The Hall–Kier alpha value is -2.08. The van der Waals surface area contributed by atoms with E-state index in [1.807, 2.05) is 32.0 Å². The number of thiocarbonyl (C=S) groups is 1. The lowest BCUT2D eigenvalue weighted by molar-refractivity contribution is 0.923. The molecular formula is C13H15N5S. The topological polar surface area (TPSA) is 76.7 Å². The minimum atomic E-state index is 0.339. The van der Waals surface area contributed by atoms with Crippen molar-refractivity contribution in [3.63, 3.8) is 0 Å². The van der Waals surface area contributed by atoms with Crippen molar-refractivity contribution in [2.24, 2.45) is 5.73 Å². The molecule has 2 heterocycles. The largest absolute Gasteiger partial charge is 0.389 e. The standard InChI is InChI=1S/C13H15N5S/c1-8-6-11(12(13(14)19)9(2)17-8)15-7-10-4-3-5-16-18-10/h3-6H,7H2,1-2H3,(H2,14,19)(H,15,17). The number of aryl methyl sites for hydroxylation is 2. The fourth-order valence-electron chi connectivity index (χ4n) is 1.89. The van der Waals surface area contributed by atoms with Crippen LogP contribution in [0.15, 0.2) is 24.4 Å². The molecule has 6 heteroatoms. The molecule has 2 aromatic rings. The summed E-state index contributed by atoms with van der Waals surface area (Å²) in [7, 11) is 0. The van der Waals surface area contributed by atoms with Gasteiger partial charge in [-0.3, -0.25) is 4.98 Å². The summed E-state index contributed by atoms with van der Waals surface area (Å²) in [6.45, 7) is 4.39. The van der Waals surface area contributed by atoms with E-state index in [9.17, 15) is 0 Å². The van der Waals surface area contributed by atoms with Gasteiger partial charge in [-0.05, 0) is 32.0 Å². The highest BCUT2D eigenvalue weighted by Gasteiger charge is 2.11. The van der Waals surface area contributed by atoms with Gasteiger partial charge < -0.3 is 11.1 Å². The van der Waals surface area contributed by atoms with Crippen molar-refractivity contribution in [1.29, 1.82) is 0 Å². The molecule has 19 heavy (non-hydrogen) atoms. The lowest BCUT2D eigenvalue weighted by atomic mass is 10.1. The van der Waals surface area contributed by atoms with E-state index in [1.165, 1.54) is 0 Å². The quantitative estimate of drug-likeness (QED) is 0.826. The Morgan fingerprint density at radius 3 is 2.84 bits per heavy atom. The maximum atomic E-state index is 5.76. The second kappa shape index (κ2) is 5.71. The van der Waals surface area contributed by atoms with E-state index in [4.69, 9.17) is 18.0 Å². The Bertz CT molecular complexity index is 597. The van der Waals surface area contributed by atoms with Crippen molar-refractivity contribution in [2.45, 2.75) is 20.4 Å². The van der Waals surface area contributed by atoms with Crippen LogP contribution >= 0.6 is 12.2 Å². The second-order valence-electron chi connectivity index (χ2n) is 4.20. The first-order chi connectivity index (χ1) is 9.08. The Morgan fingerprint density at radius 1 is 1.42 bits per heavy atom. The fourth-order valence-corrected chi connectivity index (χ4v) is 2.15. The molecule has 0 radical (unpaired) electrons. The van der Waals surface area contributed by atoms with E-state index in [1.54, 1.807) is 6.20 Å². The van der Waals surface area contributed by atoms with E-state index < -0.39 is 0 Å². The molecule has 0 bridgehead atoms. The average molecular weight is 273 g/mol. The molecule has 5 nitrogen and oxygen atoms in total. The van der Waals surface area contributed by atoms with Gasteiger partial charge >= 0.3 is 0 Å². The molecular weight excluding hydrogens is 258 g/mol. The van der Waals surface area contributed by atoms with Crippen LogP contribution in [0.4, 0.5) is 5.69 Å². The zero-order chi connectivity index (χ0) is 13.8. The molecule has 0 saturated heterocycles. The predicted molar refractivity (Wildman–Crippen MR) is 79.0 cm³/mol. The highest BCUT2D eigenvalue weighted by Crippen LogP contribution is 2.20. The average Bonchev–Trinajstić information content (AvgIpc) is 2.36. The van der Waals surface area contributed by atoms with Gasteiger partial charge in [0.25, 0.3) is 0 Å². The van der Waals surface area contributed by atoms with Gasteiger partial charge in [0.1, 0.15) is 4.99 Å². The highest BCUT2D eigenvalue weighted by molar-refractivity contribution is 7.80. The van der Waals surface area contributed by atoms with Crippen LogP contribution in [0.5, 0.6) is 0 Å². The van der Waals surface area contributed by atoms with Gasteiger partial charge in [-0.2, -0.15) is 10.2 Å². The summed E-state index contributed by atoms with van der Waals surface area (Å²) < 4.78 is 0. The van der Waals surface area contributed by atoms with Gasteiger partial charge in [0.2, 0.25) is 0 Å². The summed E-state index contributed by atoms with van der Waals surface area (Å²) in [5.74, 6) is 0. The number of aromatic nitrogens is 3. The summed E-state index contributed by atoms with van der Waals surface area (Å²) in [5.41, 5.74) is 10.0. The molecule has 0 amide bonds. The van der Waals surface area contributed by atoms with Crippen molar-refractivity contribution in [1.82, 2.24) is 15.2 Å². The number of pyridine rings is 1. The number of anilines is 1. The van der Waals surface area contributed by atoms with Crippen molar-refractivity contribution in [2.75, 3.05) is 5.32 Å². The van der Waals surface area contributed by atoms with E-state index in [0.717, 1.165) is 28.3 Å². The molecule has 98 valence electrons. The molecule has 0 aliphatic rings. The van der Waals surface area contributed by atoms with E-state index in [0.29, 0.717) is 11.5 Å². The second-order valence-corrected chi connectivity index (χ2v) is 4.64. The number of nitrogens with two attached hydrogens (primary N) is 1. The minimum Gasteiger partial charge on any atom is -0.389 e. The number of nitrogens with one attached hydrogen (secondary N) is 1. The Balaban J connectivity index is 2.27. The monoisotopic (exact) mass is 273 g/mol. The Kier molecular flexibility index (Phi) is 4.01. The third-order valence-electron chi connectivity index (χ3n) is 2.66. The molecule has 0 aliphatic heterocycles. The summed E-state index contributed by atoms with van der Waals surface area (Å²) in [5, 5.41) is 11.1. The summed E-state index contributed by atoms with van der Waals surface area (Å²) in [6.07, 6.45) is 1.64. The van der Waals surface area contributed by atoms with Crippen LogP contribution in [0, 0.1) is 13.8 Å². The summed E-state index contributed by atoms with van der Waals surface area (Å²) >= 11 is 5.08. The molecule has 0 aliphatic carbocycles. The van der Waals surface area contributed by atoms with Crippen LogP contribution in [0.2, 0.25) is 0 Å². The first kappa shape index (κ1) is 13.4. The van der Waals surface area contributed by atoms with E-state index in [2.05, 4.69) is 20.5 Å². The van der Waals surface area contributed by atoms with Crippen molar-refractivity contribution < 1.29 is 0 Å². The predicted octanol–water partition coefficient (Wildman–Crippen LogP) is 1.73. The zero-order valence-corrected chi connectivity index (χ0v) is 11.7. The number of hydrogen-bond acceptors (Lipinski definition) is 5. The first-order valence-corrected chi connectivity index (χ1v) is 6.27. The van der Waals surface area contributed by atoms with Gasteiger partial charge in [-0.25, -0.2) is 0 Å². The molecule has 3 N–H and O–H groups in total. The summed E-state index contributed by atoms with van der Waals surface area (Å²) in [4.78, 5) is 4.71. The molecule has 0 fully saturated rings. The van der Waals surface area contributed by atoms with Crippen LogP contribution in [0.25, 0.3) is 0 Å². The van der Waals surface area contributed by atoms with Gasteiger partial charge in [0.15, 0.2) is 0 Å². The molecule has 0 spiro atoms. The fraction of sp³-hybridized carbons (Fsp3) is 0.231.